The van der Waals surface area contributed by atoms with Crippen molar-refractivity contribution in [2.45, 2.75) is 6.17 Å². The Kier molecular flexibility index (Phi) is 4.50. The van der Waals surface area contributed by atoms with Crippen LogP contribution in [0.4, 0.5) is 17.1 Å². The van der Waals surface area contributed by atoms with Crippen LogP contribution < -0.4 is 15.1 Å². The average Bonchev–Trinajstić information content (AvgIpc) is 2.69. The molecule has 27 heavy (non-hydrogen) atoms. The summed E-state index contributed by atoms with van der Waals surface area (Å²) < 4.78 is 0. The molecule has 4 nitrogen and oxygen atoms in total. The average molecular weight is 378 g/mol. The summed E-state index contributed by atoms with van der Waals surface area (Å²) in [6.45, 7) is 0. The fraction of sp³-hybridized carbons (Fsp3) is 0.136. The van der Waals surface area contributed by atoms with Crippen LogP contribution in [0.2, 0.25) is 5.02 Å². The number of para-hydroxylation sites is 1. The number of benzene rings is 3. The molecule has 4 rings (SSSR count). The Morgan fingerprint density at radius 3 is 2.26 bits per heavy atom. The van der Waals surface area contributed by atoms with E-state index in [1.54, 1.807) is 17.0 Å². The smallest absolute Gasteiger partial charge is 0.262 e. The predicted molar refractivity (Wildman–Crippen MR) is 112 cm³/mol. The van der Waals surface area contributed by atoms with E-state index in [9.17, 15) is 4.79 Å². The van der Waals surface area contributed by atoms with Gasteiger partial charge in [-0.2, -0.15) is 0 Å². The first-order valence-electron chi connectivity index (χ1n) is 8.76. The molecule has 1 aliphatic heterocycles. The zero-order chi connectivity index (χ0) is 19.0. The molecule has 1 amide bonds. The van der Waals surface area contributed by atoms with Crippen LogP contribution in [0.15, 0.2) is 72.8 Å². The van der Waals surface area contributed by atoms with Crippen LogP contribution in [0.3, 0.4) is 0 Å². The minimum Gasteiger partial charge on any atom is -0.378 e. The van der Waals surface area contributed by atoms with Gasteiger partial charge in [-0.3, -0.25) is 9.69 Å². The minimum absolute atomic E-state index is 0.0339. The van der Waals surface area contributed by atoms with Crippen molar-refractivity contribution in [1.82, 2.24) is 0 Å². The molecule has 0 radical (unpaired) electrons. The predicted octanol–water partition coefficient (Wildman–Crippen LogP) is 5.18. The lowest BCUT2D eigenvalue weighted by atomic mass is 10.0. The second kappa shape index (κ2) is 6.97. The number of anilines is 3. The van der Waals surface area contributed by atoms with Crippen LogP contribution in [0.5, 0.6) is 0 Å². The Labute approximate surface area is 164 Å². The summed E-state index contributed by atoms with van der Waals surface area (Å²) in [6.07, 6.45) is -0.301. The number of fused-ring (bicyclic) bond motifs is 1. The van der Waals surface area contributed by atoms with Gasteiger partial charge in [-0.15, -0.1) is 0 Å². The van der Waals surface area contributed by atoms with Crippen LogP contribution in [-0.2, 0) is 0 Å². The summed E-state index contributed by atoms with van der Waals surface area (Å²) in [4.78, 5) is 17.1. The lowest BCUT2D eigenvalue weighted by Gasteiger charge is -2.38. The van der Waals surface area contributed by atoms with Crippen molar-refractivity contribution in [3.05, 3.63) is 88.9 Å². The molecule has 0 bridgehead atoms. The molecule has 1 atom stereocenters. The molecule has 3 aromatic rings. The molecule has 3 aromatic carbocycles. The molecule has 0 spiro atoms. The number of hydrogen-bond acceptors (Lipinski definition) is 3. The van der Waals surface area contributed by atoms with Crippen molar-refractivity contribution in [1.29, 1.82) is 0 Å². The number of nitrogens with zero attached hydrogens (tertiary/aromatic N) is 2. The zero-order valence-electron chi connectivity index (χ0n) is 15.2. The second-order valence-electron chi connectivity index (χ2n) is 6.73. The molecule has 0 fully saturated rings. The molecular formula is C22H20ClN3O. The molecule has 0 aromatic heterocycles. The van der Waals surface area contributed by atoms with Crippen LogP contribution in [0.25, 0.3) is 0 Å². The van der Waals surface area contributed by atoms with Gasteiger partial charge in [-0.05, 0) is 54.1 Å². The third kappa shape index (κ3) is 3.24. The maximum atomic E-state index is 13.3. The van der Waals surface area contributed by atoms with Gasteiger partial charge in [0.1, 0.15) is 6.17 Å². The Balaban J connectivity index is 1.81. The molecule has 5 heteroatoms. The second-order valence-corrected chi connectivity index (χ2v) is 7.17. The minimum atomic E-state index is -0.301. The van der Waals surface area contributed by atoms with E-state index < -0.39 is 0 Å². The molecule has 1 heterocycles. The molecule has 136 valence electrons. The summed E-state index contributed by atoms with van der Waals surface area (Å²) in [7, 11) is 4.02. The summed E-state index contributed by atoms with van der Waals surface area (Å²) in [5.74, 6) is -0.0339. The van der Waals surface area contributed by atoms with Gasteiger partial charge >= 0.3 is 0 Å². The number of hydrogen-bond donors (Lipinski definition) is 1. The van der Waals surface area contributed by atoms with Crippen molar-refractivity contribution in [3.63, 3.8) is 0 Å². The normalized spacial score (nSPS) is 15.9. The molecule has 1 aliphatic rings. The number of amides is 1. The summed E-state index contributed by atoms with van der Waals surface area (Å²) in [5.41, 5.74) is 4.42. The Hall–Kier alpha value is -2.98. The van der Waals surface area contributed by atoms with Crippen LogP contribution in [0.1, 0.15) is 22.1 Å². The van der Waals surface area contributed by atoms with E-state index in [0.29, 0.717) is 10.6 Å². The SMILES string of the molecule is CN(C)c1ccc([C@H]2Nc3ccccc3C(=O)N2c2ccc(Cl)cc2)cc1. The van der Waals surface area contributed by atoms with Gasteiger partial charge in [-0.25, -0.2) is 0 Å². The number of carbonyl (C=O) groups excluding carboxylic acids is 1. The molecule has 0 saturated carbocycles. The standard InChI is InChI=1S/C22H20ClN3O/c1-25(2)17-11-7-15(8-12-17)21-24-20-6-4-3-5-19(20)22(27)26(21)18-13-9-16(23)10-14-18/h3-14,21,24H,1-2H3/t21-/m0/s1. The topological polar surface area (TPSA) is 35.6 Å². The van der Waals surface area contributed by atoms with E-state index in [1.165, 1.54) is 0 Å². The van der Waals surface area contributed by atoms with Crippen LogP contribution in [-0.4, -0.2) is 20.0 Å². The quantitative estimate of drug-likeness (QED) is 0.683. The van der Waals surface area contributed by atoms with Gasteiger partial charge in [0.25, 0.3) is 5.91 Å². The van der Waals surface area contributed by atoms with E-state index >= 15 is 0 Å². The number of halogens is 1. The first-order valence-corrected chi connectivity index (χ1v) is 9.14. The van der Waals surface area contributed by atoms with Gasteiger partial charge in [0.2, 0.25) is 0 Å². The van der Waals surface area contributed by atoms with Crippen molar-refractivity contribution >= 4 is 34.6 Å². The Bertz CT molecular complexity index is 968. The maximum absolute atomic E-state index is 13.3. The highest BCUT2D eigenvalue weighted by Crippen LogP contribution is 2.37. The Morgan fingerprint density at radius 2 is 1.59 bits per heavy atom. The summed E-state index contributed by atoms with van der Waals surface area (Å²) >= 11 is 6.04. The van der Waals surface area contributed by atoms with Crippen molar-refractivity contribution < 1.29 is 4.79 Å². The lowest BCUT2D eigenvalue weighted by molar-refractivity contribution is 0.0975. The van der Waals surface area contributed by atoms with Crippen molar-refractivity contribution in [2.24, 2.45) is 0 Å². The first kappa shape index (κ1) is 17.4. The number of nitrogens with one attached hydrogen (secondary N) is 1. The van der Waals surface area contributed by atoms with Crippen LogP contribution in [0, 0.1) is 0 Å². The lowest BCUT2D eigenvalue weighted by Crippen LogP contribution is -2.43. The molecule has 1 N–H and O–H groups in total. The highest BCUT2D eigenvalue weighted by atomic mass is 35.5. The van der Waals surface area contributed by atoms with E-state index in [2.05, 4.69) is 34.5 Å². The van der Waals surface area contributed by atoms with E-state index in [0.717, 1.165) is 22.6 Å². The maximum Gasteiger partial charge on any atom is 0.262 e. The van der Waals surface area contributed by atoms with E-state index in [1.807, 2.05) is 50.5 Å². The molecular weight excluding hydrogens is 358 g/mol. The number of rotatable bonds is 3. The largest absolute Gasteiger partial charge is 0.378 e. The third-order valence-corrected chi connectivity index (χ3v) is 5.01. The van der Waals surface area contributed by atoms with Crippen molar-refractivity contribution in [2.75, 3.05) is 29.2 Å². The van der Waals surface area contributed by atoms with Crippen molar-refractivity contribution in [3.8, 4) is 0 Å². The molecule has 0 unspecified atom stereocenters. The van der Waals surface area contributed by atoms with Gasteiger partial charge in [0.05, 0.1) is 5.56 Å². The van der Waals surface area contributed by atoms with Gasteiger partial charge in [-0.1, -0.05) is 35.9 Å². The van der Waals surface area contributed by atoms with Gasteiger partial charge in [0, 0.05) is 36.2 Å². The highest BCUT2D eigenvalue weighted by Gasteiger charge is 2.33. The molecule has 0 saturated heterocycles. The number of carbonyl (C=O) groups is 1. The molecule has 0 aliphatic carbocycles. The zero-order valence-corrected chi connectivity index (χ0v) is 15.9. The fourth-order valence-corrected chi connectivity index (χ4v) is 3.44. The van der Waals surface area contributed by atoms with E-state index in [-0.39, 0.29) is 12.1 Å². The monoisotopic (exact) mass is 377 g/mol. The summed E-state index contributed by atoms with van der Waals surface area (Å²) in [6, 6.07) is 23.2. The third-order valence-electron chi connectivity index (χ3n) is 4.76. The fourth-order valence-electron chi connectivity index (χ4n) is 3.31. The van der Waals surface area contributed by atoms with E-state index in [4.69, 9.17) is 11.6 Å². The van der Waals surface area contributed by atoms with Gasteiger partial charge in [0.15, 0.2) is 0 Å². The summed E-state index contributed by atoms with van der Waals surface area (Å²) in [5, 5.41) is 4.16. The van der Waals surface area contributed by atoms with Gasteiger partial charge < -0.3 is 10.2 Å². The first-order chi connectivity index (χ1) is 13.0. The Morgan fingerprint density at radius 1 is 0.926 bits per heavy atom. The van der Waals surface area contributed by atoms with Crippen LogP contribution >= 0.6 is 11.6 Å². The highest BCUT2D eigenvalue weighted by molar-refractivity contribution is 6.30.